The van der Waals surface area contributed by atoms with Gasteiger partial charge < -0.3 is 5.11 Å². The normalized spacial score (nSPS) is 14.7. The molecule has 0 radical (unpaired) electrons. The summed E-state index contributed by atoms with van der Waals surface area (Å²) in [5, 5.41) is 14.0. The number of phenolic OH excluding ortho intramolecular Hbond substituents is 1. The highest BCUT2D eigenvalue weighted by Crippen LogP contribution is 2.27. The van der Waals surface area contributed by atoms with Crippen LogP contribution >= 0.6 is 0 Å². The number of nitrogens with zero attached hydrogens (tertiary/aromatic N) is 2. The Kier molecular flexibility index (Phi) is 2.21. The molecular weight excluding hydrogens is 216 g/mol. The molecule has 0 fully saturated rings. The standard InChI is InChI=1S/C13H12N2O2/c16-12-7-3-5-10-9(12)8-14-15(10)11-4-1-2-6-13(11)17/h1-2,4,6,8,17H,3,5,7H2. The van der Waals surface area contributed by atoms with Crippen molar-refractivity contribution in [1.29, 1.82) is 0 Å². The van der Waals surface area contributed by atoms with E-state index in [1.54, 1.807) is 29.1 Å². The van der Waals surface area contributed by atoms with E-state index in [-0.39, 0.29) is 11.5 Å². The second-order valence-electron chi connectivity index (χ2n) is 4.18. The number of benzene rings is 1. The van der Waals surface area contributed by atoms with E-state index < -0.39 is 0 Å². The van der Waals surface area contributed by atoms with Gasteiger partial charge in [0.2, 0.25) is 0 Å². The Morgan fingerprint density at radius 2 is 2.06 bits per heavy atom. The minimum Gasteiger partial charge on any atom is -0.506 e. The number of phenols is 1. The fourth-order valence-corrected chi connectivity index (χ4v) is 2.25. The molecule has 0 bridgehead atoms. The fourth-order valence-electron chi connectivity index (χ4n) is 2.25. The van der Waals surface area contributed by atoms with Crippen LogP contribution in [0.4, 0.5) is 0 Å². The van der Waals surface area contributed by atoms with Crippen molar-refractivity contribution in [2.24, 2.45) is 0 Å². The first-order valence-electron chi connectivity index (χ1n) is 5.66. The van der Waals surface area contributed by atoms with Crippen LogP contribution in [0.3, 0.4) is 0 Å². The SMILES string of the molecule is O=C1CCCc2c1cnn2-c1ccccc1O. The van der Waals surface area contributed by atoms with Crippen LogP contribution < -0.4 is 0 Å². The zero-order valence-corrected chi connectivity index (χ0v) is 9.26. The Bertz CT molecular complexity index is 587. The maximum Gasteiger partial charge on any atom is 0.166 e. The van der Waals surface area contributed by atoms with Gasteiger partial charge in [-0.05, 0) is 25.0 Å². The van der Waals surface area contributed by atoms with Gasteiger partial charge in [0.05, 0.1) is 17.5 Å². The molecule has 0 aliphatic heterocycles. The predicted octanol–water partition coefficient (Wildman–Crippen LogP) is 2.10. The Morgan fingerprint density at radius 1 is 1.24 bits per heavy atom. The predicted molar refractivity (Wildman–Crippen MR) is 62.5 cm³/mol. The summed E-state index contributed by atoms with van der Waals surface area (Å²) in [6.07, 6.45) is 3.88. The lowest BCUT2D eigenvalue weighted by Gasteiger charge is -2.13. The van der Waals surface area contributed by atoms with Gasteiger partial charge in [0.25, 0.3) is 0 Å². The average Bonchev–Trinajstić information content (AvgIpc) is 2.75. The molecule has 0 saturated carbocycles. The van der Waals surface area contributed by atoms with Crippen molar-refractivity contribution >= 4 is 5.78 Å². The quantitative estimate of drug-likeness (QED) is 0.813. The zero-order valence-electron chi connectivity index (χ0n) is 9.26. The molecule has 0 saturated heterocycles. The molecule has 1 N–H and O–H groups in total. The Balaban J connectivity index is 2.17. The van der Waals surface area contributed by atoms with Crippen LogP contribution in [0.25, 0.3) is 5.69 Å². The molecule has 2 aromatic rings. The lowest BCUT2D eigenvalue weighted by Crippen LogP contribution is -2.12. The number of hydrogen-bond donors (Lipinski definition) is 1. The minimum atomic E-state index is 0.146. The summed E-state index contributed by atoms with van der Waals surface area (Å²) >= 11 is 0. The van der Waals surface area contributed by atoms with E-state index >= 15 is 0 Å². The number of fused-ring (bicyclic) bond motifs is 1. The van der Waals surface area contributed by atoms with Crippen molar-refractivity contribution in [1.82, 2.24) is 9.78 Å². The summed E-state index contributed by atoms with van der Waals surface area (Å²) in [5.41, 5.74) is 2.23. The number of carbonyl (C=O) groups excluding carboxylic acids is 1. The zero-order chi connectivity index (χ0) is 11.8. The van der Waals surface area contributed by atoms with E-state index in [2.05, 4.69) is 5.10 Å². The summed E-state index contributed by atoms with van der Waals surface area (Å²) in [6, 6.07) is 7.02. The molecule has 4 heteroatoms. The molecular formula is C13H12N2O2. The molecule has 4 nitrogen and oxygen atoms in total. The first-order valence-corrected chi connectivity index (χ1v) is 5.66. The van der Waals surface area contributed by atoms with Crippen molar-refractivity contribution in [2.75, 3.05) is 0 Å². The average molecular weight is 228 g/mol. The summed E-state index contributed by atoms with van der Waals surface area (Å²) in [6.45, 7) is 0. The molecule has 0 atom stereocenters. The van der Waals surface area contributed by atoms with Gasteiger partial charge >= 0.3 is 0 Å². The first kappa shape index (κ1) is 10.1. The lowest BCUT2D eigenvalue weighted by atomic mass is 9.97. The number of carbonyl (C=O) groups is 1. The maximum absolute atomic E-state index is 11.7. The van der Waals surface area contributed by atoms with E-state index in [9.17, 15) is 9.90 Å². The molecule has 17 heavy (non-hydrogen) atoms. The van der Waals surface area contributed by atoms with Crippen molar-refractivity contribution < 1.29 is 9.90 Å². The van der Waals surface area contributed by atoms with E-state index in [0.29, 0.717) is 17.7 Å². The number of hydrogen-bond acceptors (Lipinski definition) is 3. The number of ketones is 1. The highest BCUT2D eigenvalue weighted by molar-refractivity contribution is 5.98. The molecule has 1 aromatic carbocycles. The molecule has 0 unspecified atom stereocenters. The van der Waals surface area contributed by atoms with Gasteiger partial charge in [-0.25, -0.2) is 4.68 Å². The third-order valence-corrected chi connectivity index (χ3v) is 3.10. The van der Waals surface area contributed by atoms with Crippen molar-refractivity contribution in [2.45, 2.75) is 19.3 Å². The molecule has 86 valence electrons. The van der Waals surface area contributed by atoms with Gasteiger partial charge in [-0.1, -0.05) is 12.1 Å². The Hall–Kier alpha value is -2.10. The Labute approximate surface area is 98.5 Å². The minimum absolute atomic E-state index is 0.146. The lowest BCUT2D eigenvalue weighted by molar-refractivity contribution is 0.0972. The van der Waals surface area contributed by atoms with Gasteiger partial charge in [0.1, 0.15) is 11.4 Å². The number of aromatic nitrogens is 2. The molecule has 0 spiro atoms. The summed E-state index contributed by atoms with van der Waals surface area (Å²) in [7, 11) is 0. The van der Waals surface area contributed by atoms with E-state index in [1.165, 1.54) is 0 Å². The van der Waals surface area contributed by atoms with Crippen LogP contribution in [0, 0.1) is 0 Å². The van der Waals surface area contributed by atoms with Crippen LogP contribution in [-0.2, 0) is 6.42 Å². The number of Topliss-reactive ketones (excluding diaryl/α,β-unsaturated/α-hetero) is 1. The monoisotopic (exact) mass is 228 g/mol. The highest BCUT2D eigenvalue weighted by Gasteiger charge is 2.22. The van der Waals surface area contributed by atoms with Crippen LogP contribution in [0.15, 0.2) is 30.5 Å². The summed E-state index contributed by atoms with van der Waals surface area (Å²) in [5.74, 6) is 0.323. The third-order valence-electron chi connectivity index (χ3n) is 3.10. The van der Waals surface area contributed by atoms with Crippen LogP contribution in [0.1, 0.15) is 28.9 Å². The van der Waals surface area contributed by atoms with Crippen LogP contribution in [-0.4, -0.2) is 20.7 Å². The molecule has 1 heterocycles. The highest BCUT2D eigenvalue weighted by atomic mass is 16.3. The fraction of sp³-hybridized carbons (Fsp3) is 0.231. The van der Waals surface area contributed by atoms with Crippen LogP contribution in [0.2, 0.25) is 0 Å². The van der Waals surface area contributed by atoms with Crippen molar-refractivity contribution in [3.63, 3.8) is 0 Å². The van der Waals surface area contributed by atoms with Gasteiger partial charge in [0.15, 0.2) is 5.78 Å². The smallest absolute Gasteiger partial charge is 0.166 e. The van der Waals surface area contributed by atoms with Crippen LogP contribution in [0.5, 0.6) is 5.75 Å². The van der Waals surface area contributed by atoms with Crippen molar-refractivity contribution in [3.05, 3.63) is 41.7 Å². The first-order chi connectivity index (χ1) is 8.27. The topological polar surface area (TPSA) is 55.1 Å². The Morgan fingerprint density at radius 3 is 2.88 bits per heavy atom. The van der Waals surface area contributed by atoms with Gasteiger partial charge in [0, 0.05) is 6.42 Å². The van der Waals surface area contributed by atoms with E-state index in [4.69, 9.17) is 0 Å². The molecule has 1 aromatic heterocycles. The van der Waals surface area contributed by atoms with Crippen molar-refractivity contribution in [3.8, 4) is 11.4 Å². The second kappa shape index (κ2) is 3.73. The number of para-hydroxylation sites is 2. The molecule has 1 aliphatic rings. The van der Waals surface area contributed by atoms with Gasteiger partial charge in [-0.15, -0.1) is 0 Å². The molecule has 0 amide bonds. The van der Waals surface area contributed by atoms with Gasteiger partial charge in [-0.2, -0.15) is 5.10 Å². The number of rotatable bonds is 1. The van der Waals surface area contributed by atoms with E-state index in [1.807, 2.05) is 6.07 Å². The summed E-state index contributed by atoms with van der Waals surface area (Å²) < 4.78 is 1.67. The largest absolute Gasteiger partial charge is 0.506 e. The van der Waals surface area contributed by atoms with E-state index in [0.717, 1.165) is 18.5 Å². The number of aromatic hydroxyl groups is 1. The maximum atomic E-state index is 11.7. The van der Waals surface area contributed by atoms with Gasteiger partial charge in [-0.3, -0.25) is 4.79 Å². The summed E-state index contributed by atoms with van der Waals surface area (Å²) in [4.78, 5) is 11.7. The third kappa shape index (κ3) is 1.53. The molecule has 1 aliphatic carbocycles. The second-order valence-corrected chi connectivity index (χ2v) is 4.18. The molecule has 3 rings (SSSR count).